The number of imide groups is 1. The summed E-state index contributed by atoms with van der Waals surface area (Å²) >= 11 is 0. The molecule has 0 aromatic rings. The van der Waals surface area contributed by atoms with Crippen LogP contribution in [0.2, 0.25) is 0 Å². The third-order valence-electron chi connectivity index (χ3n) is 2.26. The molecule has 1 aliphatic heterocycles. The molecule has 1 radical (unpaired) electrons. The van der Waals surface area contributed by atoms with Crippen molar-refractivity contribution in [3.63, 3.8) is 0 Å². The molecule has 0 atom stereocenters. The standard InChI is InChI=1S/C12H16NO2/c1-2-3-4-5-6-7-8-10-9-11(14)13-12(10)15/h6-7,9H,2-5,8H2,1H3. The fourth-order valence-electron chi connectivity index (χ4n) is 1.40. The van der Waals surface area contributed by atoms with Crippen LogP contribution in [0.1, 0.15) is 39.0 Å². The van der Waals surface area contributed by atoms with E-state index in [2.05, 4.69) is 18.3 Å². The van der Waals surface area contributed by atoms with Gasteiger partial charge < -0.3 is 0 Å². The van der Waals surface area contributed by atoms with Gasteiger partial charge in [-0.1, -0.05) is 31.9 Å². The average molecular weight is 206 g/mol. The molecular weight excluding hydrogens is 190 g/mol. The Hall–Kier alpha value is -1.38. The highest BCUT2D eigenvalue weighted by molar-refractivity contribution is 6.15. The van der Waals surface area contributed by atoms with Crippen LogP contribution in [0.15, 0.2) is 23.8 Å². The summed E-state index contributed by atoms with van der Waals surface area (Å²) in [5, 5.41) is 3.29. The second-order valence-corrected chi connectivity index (χ2v) is 3.60. The Balaban J connectivity index is 2.22. The molecule has 3 heteroatoms. The second kappa shape index (κ2) is 6.17. The number of amides is 2. The quantitative estimate of drug-likeness (QED) is 0.379. The molecule has 2 amide bonds. The third-order valence-corrected chi connectivity index (χ3v) is 2.26. The smallest absolute Gasteiger partial charge is 0.267 e. The monoisotopic (exact) mass is 206 g/mol. The summed E-state index contributed by atoms with van der Waals surface area (Å²) in [5.74, 6) is -0.799. The van der Waals surface area contributed by atoms with Crippen LogP contribution in [0.3, 0.4) is 0 Å². The van der Waals surface area contributed by atoms with Crippen LogP contribution in [0.4, 0.5) is 0 Å². The van der Waals surface area contributed by atoms with Crippen LogP contribution < -0.4 is 5.32 Å². The summed E-state index contributed by atoms with van der Waals surface area (Å²) in [7, 11) is 0. The van der Waals surface area contributed by atoms with Crippen molar-refractivity contribution >= 4 is 11.8 Å². The van der Waals surface area contributed by atoms with Crippen LogP contribution in [0.5, 0.6) is 0 Å². The van der Waals surface area contributed by atoms with Gasteiger partial charge in [-0.05, 0) is 19.3 Å². The van der Waals surface area contributed by atoms with Gasteiger partial charge in [0.15, 0.2) is 0 Å². The zero-order valence-electron chi connectivity index (χ0n) is 9.03. The third kappa shape index (κ3) is 4.11. The minimum atomic E-state index is -0.422. The van der Waals surface area contributed by atoms with Crippen LogP contribution >= 0.6 is 0 Å². The van der Waals surface area contributed by atoms with E-state index in [1.807, 2.05) is 6.08 Å². The van der Waals surface area contributed by atoms with E-state index in [9.17, 15) is 9.59 Å². The average Bonchev–Trinajstić information content (AvgIpc) is 2.51. The minimum absolute atomic E-state index is 0.377. The van der Waals surface area contributed by atoms with Gasteiger partial charge in [0.1, 0.15) is 0 Å². The number of carbonyl (C=O) groups excluding carboxylic acids is 2. The largest absolute Gasteiger partial charge is 0.276 e. The van der Waals surface area contributed by atoms with Crippen molar-refractivity contribution in [1.29, 1.82) is 0 Å². The zero-order chi connectivity index (χ0) is 11.1. The molecule has 0 unspecified atom stereocenters. The molecule has 0 fully saturated rings. The lowest BCUT2D eigenvalue weighted by Crippen LogP contribution is -2.13. The van der Waals surface area contributed by atoms with Crippen molar-refractivity contribution in [3.8, 4) is 0 Å². The summed E-state index contributed by atoms with van der Waals surface area (Å²) in [5.41, 5.74) is 0.506. The summed E-state index contributed by atoms with van der Waals surface area (Å²) in [6, 6.07) is 0. The Bertz CT molecular complexity index is 303. The van der Waals surface area contributed by atoms with E-state index < -0.39 is 5.91 Å². The zero-order valence-corrected chi connectivity index (χ0v) is 9.03. The van der Waals surface area contributed by atoms with Crippen molar-refractivity contribution in [2.45, 2.75) is 39.0 Å². The number of rotatable bonds is 6. The van der Waals surface area contributed by atoms with E-state index in [1.165, 1.54) is 25.3 Å². The van der Waals surface area contributed by atoms with Gasteiger partial charge >= 0.3 is 0 Å². The summed E-state index contributed by atoms with van der Waals surface area (Å²) < 4.78 is 0. The number of allylic oxidation sites excluding steroid dienone is 2. The lowest BCUT2D eigenvalue weighted by atomic mass is 10.1. The highest BCUT2D eigenvalue weighted by Crippen LogP contribution is 2.10. The Morgan fingerprint density at radius 3 is 2.67 bits per heavy atom. The topological polar surface area (TPSA) is 48.2 Å². The molecule has 0 saturated carbocycles. The summed E-state index contributed by atoms with van der Waals surface area (Å²) in [4.78, 5) is 21.8. The van der Waals surface area contributed by atoms with E-state index >= 15 is 0 Å². The van der Waals surface area contributed by atoms with E-state index in [0.29, 0.717) is 12.0 Å². The maximum Gasteiger partial charge on any atom is 0.276 e. The van der Waals surface area contributed by atoms with Crippen molar-refractivity contribution in [2.75, 3.05) is 0 Å². The predicted molar refractivity (Wildman–Crippen MR) is 58.1 cm³/mol. The highest BCUT2D eigenvalue weighted by Gasteiger charge is 2.21. The van der Waals surface area contributed by atoms with Crippen molar-refractivity contribution < 1.29 is 9.59 Å². The normalized spacial score (nSPS) is 15.9. The second-order valence-electron chi connectivity index (χ2n) is 3.60. The molecule has 0 N–H and O–H groups in total. The SMILES string of the molecule is CCCCCC=CCC1=CC(=O)[N]C1=O. The molecule has 15 heavy (non-hydrogen) atoms. The fraction of sp³-hybridized carbons (Fsp3) is 0.500. The summed E-state index contributed by atoms with van der Waals surface area (Å²) in [6.07, 6.45) is 10.5. The number of hydrogen-bond donors (Lipinski definition) is 0. The van der Waals surface area contributed by atoms with Gasteiger partial charge in [-0.2, -0.15) is 5.32 Å². The molecule has 0 aromatic carbocycles. The highest BCUT2D eigenvalue weighted by atomic mass is 16.2. The first kappa shape index (κ1) is 11.7. The van der Waals surface area contributed by atoms with Crippen molar-refractivity contribution in [1.82, 2.24) is 5.32 Å². The number of carbonyl (C=O) groups is 2. The Labute approximate surface area is 90.2 Å². The lowest BCUT2D eigenvalue weighted by molar-refractivity contribution is -0.124. The van der Waals surface area contributed by atoms with Gasteiger partial charge in [0, 0.05) is 11.6 Å². The van der Waals surface area contributed by atoms with Crippen LogP contribution in [0, 0.1) is 0 Å². The minimum Gasteiger partial charge on any atom is -0.267 e. The van der Waals surface area contributed by atoms with Gasteiger partial charge in [-0.25, -0.2) is 0 Å². The van der Waals surface area contributed by atoms with Gasteiger partial charge in [0.2, 0.25) is 0 Å². The predicted octanol–water partition coefficient (Wildman–Crippen LogP) is 2.11. The van der Waals surface area contributed by atoms with Crippen molar-refractivity contribution in [2.24, 2.45) is 0 Å². The van der Waals surface area contributed by atoms with Gasteiger partial charge in [-0.15, -0.1) is 0 Å². The molecule has 1 rings (SSSR count). The maximum atomic E-state index is 11.1. The molecule has 3 nitrogen and oxygen atoms in total. The molecule has 1 aliphatic rings. The van der Waals surface area contributed by atoms with Crippen LogP contribution in [-0.4, -0.2) is 11.8 Å². The first-order valence-corrected chi connectivity index (χ1v) is 5.39. The maximum absolute atomic E-state index is 11.1. The molecule has 0 spiro atoms. The van der Waals surface area contributed by atoms with Gasteiger partial charge in [-0.3, -0.25) is 9.59 Å². The molecule has 81 valence electrons. The number of nitrogens with zero attached hydrogens (tertiary/aromatic N) is 1. The van der Waals surface area contributed by atoms with Gasteiger partial charge in [0.25, 0.3) is 11.8 Å². The Morgan fingerprint density at radius 1 is 1.27 bits per heavy atom. The molecular formula is C12H16NO2. The van der Waals surface area contributed by atoms with E-state index in [1.54, 1.807) is 0 Å². The van der Waals surface area contributed by atoms with Crippen LogP contribution in [0.25, 0.3) is 0 Å². The van der Waals surface area contributed by atoms with E-state index in [4.69, 9.17) is 0 Å². The van der Waals surface area contributed by atoms with E-state index in [-0.39, 0.29) is 5.91 Å². The fourth-order valence-corrected chi connectivity index (χ4v) is 1.40. The van der Waals surface area contributed by atoms with Crippen LogP contribution in [-0.2, 0) is 9.59 Å². The molecule has 0 bridgehead atoms. The Morgan fingerprint density at radius 2 is 2.07 bits per heavy atom. The molecule has 0 aliphatic carbocycles. The first-order valence-electron chi connectivity index (χ1n) is 5.39. The lowest BCUT2D eigenvalue weighted by Gasteiger charge is -1.93. The Kier molecular flexibility index (Phi) is 4.81. The molecule has 0 saturated heterocycles. The first-order chi connectivity index (χ1) is 7.24. The number of hydrogen-bond acceptors (Lipinski definition) is 2. The molecule has 0 aromatic heterocycles. The van der Waals surface area contributed by atoms with E-state index in [0.717, 1.165) is 6.42 Å². The summed E-state index contributed by atoms with van der Waals surface area (Å²) in [6.45, 7) is 2.17. The van der Waals surface area contributed by atoms with Crippen molar-refractivity contribution in [3.05, 3.63) is 23.8 Å². The number of unbranched alkanes of at least 4 members (excludes halogenated alkanes) is 3. The molecule has 1 heterocycles. The van der Waals surface area contributed by atoms with Gasteiger partial charge in [0.05, 0.1) is 0 Å².